The summed E-state index contributed by atoms with van der Waals surface area (Å²) >= 11 is 12.0. The number of carbonyl (C=O) groups is 1. The third-order valence-electron chi connectivity index (χ3n) is 4.22. The molecule has 0 radical (unpaired) electrons. The molecule has 30 heavy (non-hydrogen) atoms. The second-order valence-corrected chi connectivity index (χ2v) is 7.08. The van der Waals surface area contributed by atoms with Gasteiger partial charge in [0.05, 0.1) is 23.4 Å². The summed E-state index contributed by atoms with van der Waals surface area (Å²) in [6.07, 6.45) is 3.08. The normalized spacial score (nSPS) is 14.6. The molecule has 1 aliphatic rings. The predicted molar refractivity (Wildman–Crippen MR) is 113 cm³/mol. The van der Waals surface area contributed by atoms with Crippen molar-refractivity contribution in [3.05, 3.63) is 87.4 Å². The second-order valence-electron chi connectivity index (χ2n) is 6.26. The van der Waals surface area contributed by atoms with E-state index in [0.717, 1.165) is 5.56 Å². The van der Waals surface area contributed by atoms with E-state index in [1.165, 1.54) is 13.4 Å². The number of methoxy groups -OCH3 is 1. The molecular formula is C22H15Cl2NO5. The SMILES string of the molecule is COc1cc(/C=C2\N=C(c3ccco3)OC2=O)ccc1OCc1ccc(Cl)c(Cl)c1. The van der Waals surface area contributed by atoms with Crippen molar-refractivity contribution in [3.8, 4) is 11.5 Å². The average Bonchev–Trinajstić information content (AvgIpc) is 3.40. The van der Waals surface area contributed by atoms with Crippen LogP contribution < -0.4 is 9.47 Å². The number of aliphatic imine (C=N–C) groups is 1. The van der Waals surface area contributed by atoms with Gasteiger partial charge in [-0.05, 0) is 53.6 Å². The fourth-order valence-corrected chi connectivity index (χ4v) is 3.08. The number of rotatable bonds is 6. The summed E-state index contributed by atoms with van der Waals surface area (Å²) in [6.45, 7) is 0.289. The van der Waals surface area contributed by atoms with Crippen LogP contribution in [0.15, 0.2) is 69.9 Å². The van der Waals surface area contributed by atoms with Crippen molar-refractivity contribution in [2.45, 2.75) is 6.61 Å². The maximum atomic E-state index is 12.1. The van der Waals surface area contributed by atoms with Crippen LogP contribution in [0.4, 0.5) is 0 Å². The Morgan fingerprint density at radius 1 is 1.07 bits per heavy atom. The van der Waals surface area contributed by atoms with Crippen LogP contribution in [0.1, 0.15) is 16.9 Å². The maximum Gasteiger partial charge on any atom is 0.363 e. The van der Waals surface area contributed by atoms with Crippen LogP contribution in [0.5, 0.6) is 11.5 Å². The zero-order valence-electron chi connectivity index (χ0n) is 15.7. The van der Waals surface area contributed by atoms with Gasteiger partial charge in [-0.3, -0.25) is 0 Å². The Kier molecular flexibility index (Phi) is 5.79. The standard InChI is InChI=1S/C22H15Cl2NO5/c1-27-20-11-13(10-17-22(26)30-21(25-17)19-3-2-8-28-19)5-7-18(20)29-12-14-4-6-15(23)16(24)9-14/h2-11H,12H2,1H3/b17-10-. The Morgan fingerprint density at radius 3 is 2.67 bits per heavy atom. The van der Waals surface area contributed by atoms with E-state index in [4.69, 9.17) is 41.8 Å². The molecule has 0 unspecified atom stereocenters. The van der Waals surface area contributed by atoms with Crippen LogP contribution in [0.2, 0.25) is 10.0 Å². The van der Waals surface area contributed by atoms with Gasteiger partial charge in [0, 0.05) is 0 Å². The van der Waals surface area contributed by atoms with E-state index in [9.17, 15) is 4.79 Å². The molecule has 3 aromatic rings. The van der Waals surface area contributed by atoms with Crippen molar-refractivity contribution < 1.29 is 23.4 Å². The highest BCUT2D eigenvalue weighted by molar-refractivity contribution is 6.42. The summed E-state index contributed by atoms with van der Waals surface area (Å²) < 4.78 is 21.6. The second kappa shape index (κ2) is 8.65. The highest BCUT2D eigenvalue weighted by Crippen LogP contribution is 2.31. The molecule has 0 saturated carbocycles. The van der Waals surface area contributed by atoms with Gasteiger partial charge in [-0.15, -0.1) is 0 Å². The first kappa shape index (κ1) is 20.1. The van der Waals surface area contributed by atoms with Crippen LogP contribution in [0.25, 0.3) is 6.08 Å². The maximum absolute atomic E-state index is 12.1. The third kappa shape index (κ3) is 4.35. The Balaban J connectivity index is 1.52. The largest absolute Gasteiger partial charge is 0.493 e. The molecule has 0 bridgehead atoms. The summed E-state index contributed by atoms with van der Waals surface area (Å²) in [4.78, 5) is 16.3. The number of benzene rings is 2. The highest BCUT2D eigenvalue weighted by Gasteiger charge is 2.25. The lowest BCUT2D eigenvalue weighted by atomic mass is 10.1. The molecule has 1 aliphatic heterocycles. The van der Waals surface area contributed by atoms with E-state index in [2.05, 4.69) is 4.99 Å². The summed E-state index contributed by atoms with van der Waals surface area (Å²) in [6, 6.07) is 13.9. The number of carbonyl (C=O) groups excluding carboxylic acids is 1. The molecule has 6 nitrogen and oxygen atoms in total. The van der Waals surface area contributed by atoms with E-state index in [0.29, 0.717) is 32.9 Å². The zero-order valence-corrected chi connectivity index (χ0v) is 17.2. The molecule has 152 valence electrons. The van der Waals surface area contributed by atoms with Crippen LogP contribution in [-0.4, -0.2) is 19.0 Å². The van der Waals surface area contributed by atoms with Gasteiger partial charge in [0.1, 0.15) is 6.61 Å². The first-order valence-corrected chi connectivity index (χ1v) is 9.60. The van der Waals surface area contributed by atoms with Gasteiger partial charge in [0.2, 0.25) is 0 Å². The smallest absolute Gasteiger partial charge is 0.363 e. The van der Waals surface area contributed by atoms with E-state index >= 15 is 0 Å². The van der Waals surface area contributed by atoms with Crippen molar-refractivity contribution >= 4 is 41.1 Å². The first-order valence-electron chi connectivity index (χ1n) is 8.84. The average molecular weight is 444 g/mol. The summed E-state index contributed by atoms with van der Waals surface area (Å²) in [5.41, 5.74) is 1.73. The lowest BCUT2D eigenvalue weighted by Gasteiger charge is -2.12. The van der Waals surface area contributed by atoms with Gasteiger partial charge in [-0.2, -0.15) is 0 Å². The fraction of sp³-hybridized carbons (Fsp3) is 0.0909. The molecule has 0 saturated heterocycles. The molecule has 2 heterocycles. The summed E-state index contributed by atoms with van der Waals surface area (Å²) in [7, 11) is 1.54. The Labute approximate surface area is 182 Å². The van der Waals surface area contributed by atoms with Crippen LogP contribution in [0.3, 0.4) is 0 Å². The molecule has 2 aromatic carbocycles. The number of hydrogen-bond acceptors (Lipinski definition) is 6. The van der Waals surface area contributed by atoms with Crippen molar-refractivity contribution in [3.63, 3.8) is 0 Å². The van der Waals surface area contributed by atoms with Gasteiger partial charge in [0.25, 0.3) is 5.90 Å². The highest BCUT2D eigenvalue weighted by atomic mass is 35.5. The molecule has 0 atom stereocenters. The third-order valence-corrected chi connectivity index (χ3v) is 4.96. The summed E-state index contributed by atoms with van der Waals surface area (Å²) in [5, 5.41) is 0.948. The number of halogens is 2. The quantitative estimate of drug-likeness (QED) is 0.370. The molecule has 0 N–H and O–H groups in total. The molecule has 1 aromatic heterocycles. The van der Waals surface area contributed by atoms with Crippen molar-refractivity contribution in [1.29, 1.82) is 0 Å². The zero-order chi connectivity index (χ0) is 21.1. The molecule has 0 fully saturated rings. The van der Waals surface area contributed by atoms with E-state index in [1.807, 2.05) is 6.07 Å². The van der Waals surface area contributed by atoms with Crippen molar-refractivity contribution in [1.82, 2.24) is 0 Å². The molecular weight excluding hydrogens is 429 g/mol. The lowest BCUT2D eigenvalue weighted by Crippen LogP contribution is -2.04. The molecule has 0 aliphatic carbocycles. The Morgan fingerprint density at radius 2 is 1.93 bits per heavy atom. The minimum Gasteiger partial charge on any atom is -0.493 e. The Bertz CT molecular complexity index is 1150. The molecule has 0 amide bonds. The van der Waals surface area contributed by atoms with E-state index < -0.39 is 5.97 Å². The monoisotopic (exact) mass is 443 g/mol. The number of furan rings is 1. The number of hydrogen-bond donors (Lipinski definition) is 0. The minimum absolute atomic E-state index is 0.129. The lowest BCUT2D eigenvalue weighted by molar-refractivity contribution is -0.130. The van der Waals surface area contributed by atoms with Crippen LogP contribution >= 0.6 is 23.2 Å². The first-order chi connectivity index (χ1) is 14.5. The van der Waals surface area contributed by atoms with Gasteiger partial charge in [-0.1, -0.05) is 35.3 Å². The van der Waals surface area contributed by atoms with Crippen molar-refractivity contribution in [2.24, 2.45) is 4.99 Å². The number of esters is 1. The van der Waals surface area contributed by atoms with Gasteiger partial charge >= 0.3 is 5.97 Å². The van der Waals surface area contributed by atoms with E-state index in [1.54, 1.807) is 48.5 Å². The number of ether oxygens (including phenoxy) is 3. The van der Waals surface area contributed by atoms with E-state index in [-0.39, 0.29) is 18.2 Å². The molecule has 0 spiro atoms. The van der Waals surface area contributed by atoms with Gasteiger partial charge in [-0.25, -0.2) is 9.79 Å². The number of nitrogens with zero attached hydrogens (tertiary/aromatic N) is 1. The summed E-state index contributed by atoms with van der Waals surface area (Å²) in [5.74, 6) is 1.01. The number of cyclic esters (lactones) is 1. The fourth-order valence-electron chi connectivity index (χ4n) is 2.76. The van der Waals surface area contributed by atoms with Crippen LogP contribution in [-0.2, 0) is 16.1 Å². The topological polar surface area (TPSA) is 70.3 Å². The van der Waals surface area contributed by atoms with Gasteiger partial charge < -0.3 is 18.6 Å². The Hall–Kier alpha value is -3.22. The van der Waals surface area contributed by atoms with Crippen molar-refractivity contribution in [2.75, 3.05) is 7.11 Å². The minimum atomic E-state index is -0.555. The molecule has 4 rings (SSSR count). The predicted octanol–water partition coefficient (Wildman–Crippen LogP) is 5.52. The van der Waals surface area contributed by atoms with Crippen LogP contribution in [0, 0.1) is 0 Å². The molecule has 8 heteroatoms. The van der Waals surface area contributed by atoms with Gasteiger partial charge in [0.15, 0.2) is 23.0 Å².